The monoisotopic (exact) mass is 347 g/mol. The molecular weight excluding hydrogens is 330 g/mol. The number of hydrogen-bond acceptors (Lipinski definition) is 4. The summed E-state index contributed by atoms with van der Waals surface area (Å²) in [7, 11) is 0. The maximum Gasteiger partial charge on any atom is 0.243 e. The number of carbonyl (C=O) groups is 2. The molecule has 0 saturated heterocycles. The standard InChI is InChI=1S/C19H17N5O2/c25-18(11-24-12-19(26)22-15-6-2-4-8-17(15)24)21-14-5-1-3-7-16(14)23-10-9-20-13-23/h1-10,13H,11-12H2,(H,21,25)(H,22,26). The van der Waals surface area contributed by atoms with Gasteiger partial charge in [0.1, 0.15) is 0 Å². The number of imidazole rings is 1. The first-order valence-corrected chi connectivity index (χ1v) is 8.22. The van der Waals surface area contributed by atoms with Crippen LogP contribution >= 0.6 is 0 Å². The highest BCUT2D eigenvalue weighted by Crippen LogP contribution is 2.28. The SMILES string of the molecule is O=C1CN(CC(=O)Nc2ccccc2-n2ccnc2)c2ccccc2N1. The predicted octanol–water partition coefficient (Wildman–Crippen LogP) is 2.27. The molecule has 7 nitrogen and oxygen atoms in total. The van der Waals surface area contributed by atoms with Gasteiger partial charge in [-0.3, -0.25) is 9.59 Å². The highest BCUT2D eigenvalue weighted by molar-refractivity contribution is 6.04. The molecule has 2 amide bonds. The molecule has 2 aromatic carbocycles. The minimum atomic E-state index is -0.193. The Morgan fingerprint density at radius 3 is 2.69 bits per heavy atom. The van der Waals surface area contributed by atoms with Crippen molar-refractivity contribution in [3.8, 4) is 5.69 Å². The molecule has 2 N–H and O–H groups in total. The molecule has 130 valence electrons. The second kappa shape index (κ2) is 6.72. The molecule has 0 unspecified atom stereocenters. The van der Waals surface area contributed by atoms with Crippen molar-refractivity contribution >= 4 is 28.9 Å². The lowest BCUT2D eigenvalue weighted by Gasteiger charge is -2.30. The van der Waals surface area contributed by atoms with Crippen LogP contribution in [-0.4, -0.2) is 34.5 Å². The Kier molecular flexibility index (Phi) is 4.10. The highest BCUT2D eigenvalue weighted by Gasteiger charge is 2.23. The van der Waals surface area contributed by atoms with Crippen molar-refractivity contribution in [3.63, 3.8) is 0 Å². The molecule has 0 radical (unpaired) electrons. The van der Waals surface area contributed by atoms with Gasteiger partial charge in [-0.1, -0.05) is 24.3 Å². The third-order valence-corrected chi connectivity index (χ3v) is 4.15. The van der Waals surface area contributed by atoms with E-state index in [9.17, 15) is 9.59 Å². The number of fused-ring (bicyclic) bond motifs is 1. The van der Waals surface area contributed by atoms with Gasteiger partial charge >= 0.3 is 0 Å². The van der Waals surface area contributed by atoms with Gasteiger partial charge < -0.3 is 20.1 Å². The van der Waals surface area contributed by atoms with Crippen molar-refractivity contribution in [2.24, 2.45) is 0 Å². The number of carbonyl (C=O) groups excluding carboxylic acids is 2. The summed E-state index contributed by atoms with van der Waals surface area (Å²) in [4.78, 5) is 30.3. The molecule has 0 bridgehead atoms. The van der Waals surface area contributed by atoms with Crippen molar-refractivity contribution in [1.29, 1.82) is 0 Å². The van der Waals surface area contributed by atoms with Crippen LogP contribution < -0.4 is 15.5 Å². The molecule has 0 saturated carbocycles. The Bertz CT molecular complexity index is 952. The quantitative estimate of drug-likeness (QED) is 0.759. The van der Waals surface area contributed by atoms with Gasteiger partial charge in [-0.05, 0) is 24.3 Å². The number of nitrogens with zero attached hydrogens (tertiary/aromatic N) is 3. The molecule has 1 aromatic heterocycles. The van der Waals surface area contributed by atoms with E-state index in [1.807, 2.05) is 59.3 Å². The van der Waals surface area contributed by atoms with Crippen LogP contribution in [0.2, 0.25) is 0 Å². The van der Waals surface area contributed by atoms with Gasteiger partial charge in [0, 0.05) is 12.4 Å². The molecule has 4 rings (SSSR count). The number of benzene rings is 2. The number of amides is 2. The Labute approximate surface area is 150 Å². The highest BCUT2D eigenvalue weighted by atomic mass is 16.2. The smallest absolute Gasteiger partial charge is 0.243 e. The van der Waals surface area contributed by atoms with Gasteiger partial charge in [-0.2, -0.15) is 0 Å². The van der Waals surface area contributed by atoms with E-state index in [1.54, 1.807) is 17.4 Å². The van der Waals surface area contributed by atoms with Gasteiger partial charge in [0.25, 0.3) is 0 Å². The van der Waals surface area contributed by atoms with Crippen LogP contribution in [0.3, 0.4) is 0 Å². The average Bonchev–Trinajstić information content (AvgIpc) is 3.16. The van der Waals surface area contributed by atoms with E-state index in [1.165, 1.54) is 0 Å². The maximum atomic E-state index is 12.6. The van der Waals surface area contributed by atoms with E-state index in [0.717, 1.165) is 17.1 Å². The summed E-state index contributed by atoms with van der Waals surface area (Å²) in [5, 5.41) is 5.75. The second-order valence-electron chi connectivity index (χ2n) is 5.96. The number of anilines is 3. The molecule has 0 fully saturated rings. The van der Waals surface area contributed by atoms with Gasteiger partial charge in [-0.15, -0.1) is 0 Å². The number of hydrogen-bond donors (Lipinski definition) is 2. The summed E-state index contributed by atoms with van der Waals surface area (Å²) < 4.78 is 1.83. The predicted molar refractivity (Wildman–Crippen MR) is 99.5 cm³/mol. The fraction of sp³-hybridized carbons (Fsp3) is 0.105. The van der Waals surface area contributed by atoms with Gasteiger partial charge in [0.05, 0.1) is 42.2 Å². The minimum Gasteiger partial charge on any atom is -0.351 e. The minimum absolute atomic E-state index is 0.0860. The molecule has 0 aliphatic carbocycles. The number of rotatable bonds is 4. The van der Waals surface area contributed by atoms with E-state index in [0.29, 0.717) is 5.69 Å². The Balaban J connectivity index is 1.53. The van der Waals surface area contributed by atoms with E-state index in [4.69, 9.17) is 0 Å². The van der Waals surface area contributed by atoms with Gasteiger partial charge in [0.2, 0.25) is 11.8 Å². The summed E-state index contributed by atoms with van der Waals surface area (Å²) >= 11 is 0. The summed E-state index contributed by atoms with van der Waals surface area (Å²) in [5.41, 5.74) is 3.07. The van der Waals surface area contributed by atoms with Crippen molar-refractivity contribution < 1.29 is 9.59 Å². The van der Waals surface area contributed by atoms with Crippen molar-refractivity contribution in [1.82, 2.24) is 9.55 Å². The number of para-hydroxylation sites is 4. The Hall–Kier alpha value is -3.61. The summed E-state index contributed by atoms with van der Waals surface area (Å²) in [6.07, 6.45) is 5.17. The Morgan fingerprint density at radius 1 is 1.12 bits per heavy atom. The zero-order valence-electron chi connectivity index (χ0n) is 13.9. The first-order valence-electron chi connectivity index (χ1n) is 8.22. The fourth-order valence-corrected chi connectivity index (χ4v) is 3.01. The molecule has 0 atom stereocenters. The van der Waals surface area contributed by atoms with Gasteiger partial charge in [0.15, 0.2) is 0 Å². The lowest BCUT2D eigenvalue weighted by Crippen LogP contribution is -2.42. The van der Waals surface area contributed by atoms with Crippen LogP contribution in [0.4, 0.5) is 17.1 Å². The Morgan fingerprint density at radius 2 is 1.88 bits per heavy atom. The largest absolute Gasteiger partial charge is 0.351 e. The van der Waals surface area contributed by atoms with Crippen molar-refractivity contribution in [3.05, 3.63) is 67.3 Å². The van der Waals surface area contributed by atoms with Crippen molar-refractivity contribution in [2.45, 2.75) is 0 Å². The van der Waals surface area contributed by atoms with E-state index in [-0.39, 0.29) is 24.9 Å². The van der Waals surface area contributed by atoms with Crippen LogP contribution in [0.25, 0.3) is 5.69 Å². The van der Waals surface area contributed by atoms with E-state index in [2.05, 4.69) is 15.6 Å². The fourth-order valence-electron chi connectivity index (χ4n) is 3.01. The van der Waals surface area contributed by atoms with Crippen LogP contribution in [-0.2, 0) is 9.59 Å². The zero-order valence-corrected chi connectivity index (χ0v) is 13.9. The first kappa shape index (κ1) is 15.9. The molecule has 1 aliphatic heterocycles. The average molecular weight is 347 g/mol. The third kappa shape index (κ3) is 3.14. The first-order chi connectivity index (χ1) is 12.7. The lowest BCUT2D eigenvalue weighted by molar-refractivity contribution is -0.115. The third-order valence-electron chi connectivity index (χ3n) is 4.15. The molecule has 1 aliphatic rings. The van der Waals surface area contributed by atoms with Crippen LogP contribution in [0.15, 0.2) is 67.3 Å². The number of nitrogens with one attached hydrogen (secondary N) is 2. The molecule has 3 aromatic rings. The normalized spacial score (nSPS) is 13.1. The summed E-state index contributed by atoms with van der Waals surface area (Å²) in [5.74, 6) is -0.322. The molecule has 0 spiro atoms. The summed E-state index contributed by atoms with van der Waals surface area (Å²) in [6.45, 7) is 0.232. The van der Waals surface area contributed by atoms with E-state index < -0.39 is 0 Å². The second-order valence-corrected chi connectivity index (χ2v) is 5.96. The molecule has 7 heteroatoms. The van der Waals surface area contributed by atoms with Crippen molar-refractivity contribution in [2.75, 3.05) is 28.6 Å². The molecule has 2 heterocycles. The molecular formula is C19H17N5O2. The molecule has 26 heavy (non-hydrogen) atoms. The van der Waals surface area contributed by atoms with Gasteiger partial charge in [-0.25, -0.2) is 4.98 Å². The summed E-state index contributed by atoms with van der Waals surface area (Å²) in [6, 6.07) is 15.0. The van der Waals surface area contributed by atoms with Crippen LogP contribution in [0.5, 0.6) is 0 Å². The number of aromatic nitrogens is 2. The maximum absolute atomic E-state index is 12.6. The lowest BCUT2D eigenvalue weighted by atomic mass is 10.2. The van der Waals surface area contributed by atoms with Crippen LogP contribution in [0, 0.1) is 0 Å². The van der Waals surface area contributed by atoms with Crippen LogP contribution in [0.1, 0.15) is 0 Å². The zero-order chi connectivity index (χ0) is 17.9. The topological polar surface area (TPSA) is 79.3 Å². The van der Waals surface area contributed by atoms with E-state index >= 15 is 0 Å².